The van der Waals surface area contributed by atoms with Crippen LogP contribution in [0.5, 0.6) is 0 Å². The van der Waals surface area contributed by atoms with Crippen molar-refractivity contribution in [3.63, 3.8) is 0 Å². The predicted molar refractivity (Wildman–Crippen MR) is 45.1 cm³/mol. The van der Waals surface area contributed by atoms with Crippen LogP contribution in [0.2, 0.25) is 0 Å². The van der Waals surface area contributed by atoms with E-state index >= 15 is 0 Å². The van der Waals surface area contributed by atoms with Crippen LogP contribution in [0.3, 0.4) is 0 Å². The van der Waals surface area contributed by atoms with Gasteiger partial charge >= 0.3 is 5.97 Å². The molecule has 62 valence electrons. The van der Waals surface area contributed by atoms with E-state index in [4.69, 9.17) is 4.74 Å². The van der Waals surface area contributed by atoms with Gasteiger partial charge in [0.2, 0.25) is 0 Å². The molecule has 0 unspecified atom stereocenters. The molecule has 2 rings (SSSR count). The molecule has 0 bridgehead atoms. The standard InChI is InChI=1S/C9H9NO2/c1-10-7-2-3-8-6(4-7)5-12-9(8)11/h2-4,10H,5H2,1H3. The predicted octanol–water partition coefficient (Wildman–Crippen LogP) is 1.40. The summed E-state index contributed by atoms with van der Waals surface area (Å²) in [7, 11) is 1.85. The van der Waals surface area contributed by atoms with Crippen molar-refractivity contribution in [1.29, 1.82) is 0 Å². The minimum atomic E-state index is -0.215. The van der Waals surface area contributed by atoms with E-state index < -0.39 is 0 Å². The van der Waals surface area contributed by atoms with Crippen molar-refractivity contribution in [3.05, 3.63) is 29.3 Å². The highest BCUT2D eigenvalue weighted by Gasteiger charge is 2.20. The zero-order chi connectivity index (χ0) is 8.55. The van der Waals surface area contributed by atoms with Crippen molar-refractivity contribution in [2.75, 3.05) is 12.4 Å². The van der Waals surface area contributed by atoms with Crippen molar-refractivity contribution >= 4 is 11.7 Å². The van der Waals surface area contributed by atoms with Gasteiger partial charge in [-0.3, -0.25) is 0 Å². The third-order valence-electron chi connectivity index (χ3n) is 1.97. The Kier molecular flexibility index (Phi) is 1.50. The quantitative estimate of drug-likeness (QED) is 0.636. The van der Waals surface area contributed by atoms with Gasteiger partial charge in [-0.2, -0.15) is 0 Å². The molecule has 3 nitrogen and oxygen atoms in total. The monoisotopic (exact) mass is 163 g/mol. The first-order chi connectivity index (χ1) is 5.81. The highest BCUT2D eigenvalue weighted by Crippen LogP contribution is 2.22. The number of hydrogen-bond acceptors (Lipinski definition) is 3. The van der Waals surface area contributed by atoms with Crippen molar-refractivity contribution in [3.8, 4) is 0 Å². The lowest BCUT2D eigenvalue weighted by Gasteiger charge is -1.99. The van der Waals surface area contributed by atoms with Gasteiger partial charge < -0.3 is 10.1 Å². The number of rotatable bonds is 1. The Morgan fingerprint density at radius 3 is 3.08 bits per heavy atom. The Morgan fingerprint density at radius 2 is 2.33 bits per heavy atom. The number of anilines is 1. The van der Waals surface area contributed by atoms with Gasteiger partial charge in [0.25, 0.3) is 0 Å². The molecule has 0 radical (unpaired) electrons. The zero-order valence-electron chi connectivity index (χ0n) is 6.76. The molecule has 1 aromatic rings. The number of hydrogen-bond donors (Lipinski definition) is 1. The summed E-state index contributed by atoms with van der Waals surface area (Å²) in [5, 5.41) is 3.00. The van der Waals surface area contributed by atoms with Gasteiger partial charge in [0.05, 0.1) is 5.56 Å². The van der Waals surface area contributed by atoms with Crippen molar-refractivity contribution in [2.45, 2.75) is 6.61 Å². The van der Waals surface area contributed by atoms with Crippen LogP contribution in [-0.2, 0) is 11.3 Å². The fraction of sp³-hybridized carbons (Fsp3) is 0.222. The maximum atomic E-state index is 11.0. The highest BCUT2D eigenvalue weighted by atomic mass is 16.5. The molecule has 0 saturated heterocycles. The Hall–Kier alpha value is -1.51. The lowest BCUT2D eigenvalue weighted by atomic mass is 10.1. The first kappa shape index (κ1) is 7.16. The summed E-state index contributed by atoms with van der Waals surface area (Å²) in [5.74, 6) is -0.215. The molecular formula is C9H9NO2. The van der Waals surface area contributed by atoms with Crippen LogP contribution >= 0.6 is 0 Å². The van der Waals surface area contributed by atoms with E-state index in [0.717, 1.165) is 11.3 Å². The Labute approximate surface area is 70.3 Å². The van der Waals surface area contributed by atoms with Crippen LogP contribution in [0.15, 0.2) is 18.2 Å². The van der Waals surface area contributed by atoms with Gasteiger partial charge in [-0.05, 0) is 18.2 Å². The molecule has 12 heavy (non-hydrogen) atoms. The summed E-state index contributed by atoms with van der Waals surface area (Å²) in [6, 6.07) is 5.59. The van der Waals surface area contributed by atoms with Crippen LogP contribution in [0.4, 0.5) is 5.69 Å². The molecule has 1 aliphatic rings. The van der Waals surface area contributed by atoms with Gasteiger partial charge in [0.15, 0.2) is 0 Å². The third-order valence-corrected chi connectivity index (χ3v) is 1.97. The molecule has 1 aliphatic heterocycles. The van der Waals surface area contributed by atoms with Crippen molar-refractivity contribution < 1.29 is 9.53 Å². The van der Waals surface area contributed by atoms with E-state index in [1.807, 2.05) is 19.2 Å². The summed E-state index contributed by atoms with van der Waals surface area (Å²) in [6.07, 6.45) is 0. The van der Waals surface area contributed by atoms with Crippen LogP contribution in [-0.4, -0.2) is 13.0 Å². The minimum absolute atomic E-state index is 0.215. The van der Waals surface area contributed by atoms with E-state index in [-0.39, 0.29) is 5.97 Å². The minimum Gasteiger partial charge on any atom is -0.457 e. The van der Waals surface area contributed by atoms with E-state index in [9.17, 15) is 4.79 Å². The fourth-order valence-corrected chi connectivity index (χ4v) is 1.29. The van der Waals surface area contributed by atoms with Gasteiger partial charge in [0.1, 0.15) is 6.61 Å². The van der Waals surface area contributed by atoms with Gasteiger partial charge in [-0.15, -0.1) is 0 Å². The average molecular weight is 163 g/mol. The van der Waals surface area contributed by atoms with E-state index in [0.29, 0.717) is 12.2 Å². The van der Waals surface area contributed by atoms with E-state index in [1.54, 1.807) is 6.07 Å². The Balaban J connectivity index is 2.48. The second-order valence-corrected chi connectivity index (χ2v) is 2.70. The van der Waals surface area contributed by atoms with Crippen LogP contribution < -0.4 is 5.32 Å². The molecule has 1 heterocycles. The summed E-state index contributed by atoms with van der Waals surface area (Å²) < 4.78 is 4.86. The lowest BCUT2D eigenvalue weighted by molar-refractivity contribution is 0.0535. The summed E-state index contributed by atoms with van der Waals surface area (Å²) in [5.41, 5.74) is 2.66. The van der Waals surface area contributed by atoms with E-state index in [2.05, 4.69) is 5.32 Å². The maximum Gasteiger partial charge on any atom is 0.338 e. The Bertz CT molecular complexity index is 333. The van der Waals surface area contributed by atoms with E-state index in [1.165, 1.54) is 0 Å². The average Bonchev–Trinajstić information content (AvgIpc) is 2.47. The number of cyclic esters (lactones) is 1. The normalized spacial score (nSPS) is 13.9. The van der Waals surface area contributed by atoms with Crippen LogP contribution in [0.25, 0.3) is 0 Å². The number of nitrogens with one attached hydrogen (secondary N) is 1. The highest BCUT2D eigenvalue weighted by molar-refractivity contribution is 5.93. The second kappa shape index (κ2) is 2.52. The number of carbonyl (C=O) groups is 1. The molecule has 0 aromatic heterocycles. The summed E-state index contributed by atoms with van der Waals surface area (Å²) in [4.78, 5) is 11.0. The lowest BCUT2D eigenvalue weighted by Crippen LogP contribution is -1.94. The topological polar surface area (TPSA) is 38.3 Å². The van der Waals surface area contributed by atoms with Crippen LogP contribution in [0, 0.1) is 0 Å². The molecule has 3 heteroatoms. The zero-order valence-corrected chi connectivity index (χ0v) is 6.76. The van der Waals surface area contributed by atoms with Gasteiger partial charge in [0, 0.05) is 18.3 Å². The smallest absolute Gasteiger partial charge is 0.338 e. The molecule has 0 spiro atoms. The molecule has 0 atom stereocenters. The SMILES string of the molecule is CNc1ccc2c(c1)COC2=O. The first-order valence-electron chi connectivity index (χ1n) is 3.79. The number of carbonyl (C=O) groups excluding carboxylic acids is 1. The molecule has 1 N–H and O–H groups in total. The second-order valence-electron chi connectivity index (χ2n) is 2.70. The van der Waals surface area contributed by atoms with Crippen molar-refractivity contribution in [1.82, 2.24) is 0 Å². The molecule has 0 saturated carbocycles. The fourth-order valence-electron chi connectivity index (χ4n) is 1.29. The summed E-state index contributed by atoms with van der Waals surface area (Å²) in [6.45, 7) is 0.406. The number of esters is 1. The molecular weight excluding hydrogens is 154 g/mol. The maximum absolute atomic E-state index is 11.0. The number of ether oxygens (including phenoxy) is 1. The van der Waals surface area contributed by atoms with Gasteiger partial charge in [-0.1, -0.05) is 0 Å². The molecule has 1 aromatic carbocycles. The third kappa shape index (κ3) is 0.942. The number of fused-ring (bicyclic) bond motifs is 1. The summed E-state index contributed by atoms with van der Waals surface area (Å²) >= 11 is 0. The van der Waals surface area contributed by atoms with Crippen LogP contribution in [0.1, 0.15) is 15.9 Å². The largest absolute Gasteiger partial charge is 0.457 e. The molecule has 0 amide bonds. The number of benzene rings is 1. The Morgan fingerprint density at radius 1 is 1.50 bits per heavy atom. The molecule has 0 aliphatic carbocycles. The van der Waals surface area contributed by atoms with Gasteiger partial charge in [-0.25, -0.2) is 4.79 Å². The molecule has 0 fully saturated rings. The van der Waals surface area contributed by atoms with Crippen molar-refractivity contribution in [2.24, 2.45) is 0 Å². The first-order valence-corrected chi connectivity index (χ1v) is 3.79.